The summed E-state index contributed by atoms with van der Waals surface area (Å²) < 4.78 is 40.5. The molecule has 0 atom stereocenters. The van der Waals surface area contributed by atoms with Crippen LogP contribution >= 0.6 is 15.9 Å². The van der Waals surface area contributed by atoms with E-state index in [-0.39, 0.29) is 5.69 Å². The maximum absolute atomic E-state index is 13.7. The zero-order chi connectivity index (χ0) is 14.8. The summed E-state index contributed by atoms with van der Waals surface area (Å²) in [7, 11) is -4.01. The summed E-state index contributed by atoms with van der Waals surface area (Å²) in [5, 5.41) is 8.66. The Morgan fingerprint density at radius 3 is 2.35 bits per heavy atom. The van der Waals surface area contributed by atoms with Crippen molar-refractivity contribution in [2.45, 2.75) is 4.90 Å². The number of benzene rings is 2. The van der Waals surface area contributed by atoms with Crippen LogP contribution in [0.1, 0.15) is 5.56 Å². The molecule has 0 aliphatic rings. The topological polar surface area (TPSA) is 70.0 Å². The standard InChI is InChI=1S/C13H8BrFN2O2S/c14-10-3-6-13(12(15)7-10)20(18,19)17-11-4-1-9(8-16)2-5-11/h1-7,17H. The van der Waals surface area contributed by atoms with Crippen LogP contribution in [-0.2, 0) is 10.0 Å². The van der Waals surface area contributed by atoms with Gasteiger partial charge in [0.05, 0.1) is 11.6 Å². The second-order valence-corrected chi connectivity index (χ2v) is 6.44. The lowest BCUT2D eigenvalue weighted by Crippen LogP contribution is -2.14. The lowest BCUT2D eigenvalue weighted by Gasteiger charge is -2.09. The van der Waals surface area contributed by atoms with E-state index in [0.717, 1.165) is 6.07 Å². The van der Waals surface area contributed by atoms with E-state index in [1.807, 2.05) is 6.07 Å². The molecule has 0 unspecified atom stereocenters. The first kappa shape index (κ1) is 14.5. The number of hydrogen-bond acceptors (Lipinski definition) is 3. The summed E-state index contributed by atoms with van der Waals surface area (Å²) in [5.74, 6) is -0.847. The Morgan fingerprint density at radius 1 is 1.15 bits per heavy atom. The summed E-state index contributed by atoms with van der Waals surface area (Å²) in [5.41, 5.74) is 0.661. The highest BCUT2D eigenvalue weighted by molar-refractivity contribution is 9.10. The van der Waals surface area contributed by atoms with E-state index < -0.39 is 20.7 Å². The van der Waals surface area contributed by atoms with Crippen LogP contribution in [0, 0.1) is 17.1 Å². The molecule has 0 aliphatic heterocycles. The second-order valence-electron chi connectivity index (χ2n) is 3.87. The minimum atomic E-state index is -4.01. The molecule has 2 aromatic carbocycles. The molecule has 7 heteroatoms. The fourth-order valence-electron chi connectivity index (χ4n) is 1.52. The van der Waals surface area contributed by atoms with Crippen LogP contribution < -0.4 is 4.72 Å². The third-order valence-corrected chi connectivity index (χ3v) is 4.36. The van der Waals surface area contributed by atoms with E-state index in [1.165, 1.54) is 36.4 Å². The lowest BCUT2D eigenvalue weighted by molar-refractivity contribution is 0.570. The second kappa shape index (κ2) is 5.61. The molecular weight excluding hydrogens is 347 g/mol. The summed E-state index contributed by atoms with van der Waals surface area (Å²) in [6.45, 7) is 0. The van der Waals surface area contributed by atoms with Gasteiger partial charge in [-0.3, -0.25) is 4.72 Å². The largest absolute Gasteiger partial charge is 0.280 e. The SMILES string of the molecule is N#Cc1ccc(NS(=O)(=O)c2ccc(Br)cc2F)cc1. The zero-order valence-electron chi connectivity index (χ0n) is 9.97. The number of nitriles is 1. The zero-order valence-corrected chi connectivity index (χ0v) is 12.4. The Kier molecular flexibility index (Phi) is 4.06. The number of anilines is 1. The van der Waals surface area contributed by atoms with Crippen molar-refractivity contribution < 1.29 is 12.8 Å². The molecule has 0 fully saturated rings. The average molecular weight is 355 g/mol. The third-order valence-electron chi connectivity index (χ3n) is 2.45. The lowest BCUT2D eigenvalue weighted by atomic mass is 10.2. The number of nitrogens with zero attached hydrogens (tertiary/aromatic N) is 1. The van der Waals surface area contributed by atoms with Crippen LogP contribution in [0.25, 0.3) is 0 Å². The van der Waals surface area contributed by atoms with Crippen molar-refractivity contribution in [1.29, 1.82) is 5.26 Å². The van der Waals surface area contributed by atoms with Gasteiger partial charge in [-0.05, 0) is 42.5 Å². The quantitative estimate of drug-likeness (QED) is 0.919. The molecule has 0 bridgehead atoms. The predicted octanol–water partition coefficient (Wildman–Crippen LogP) is 3.26. The van der Waals surface area contributed by atoms with E-state index in [1.54, 1.807) is 0 Å². The third kappa shape index (κ3) is 3.15. The van der Waals surface area contributed by atoms with Gasteiger partial charge in [-0.15, -0.1) is 0 Å². The van der Waals surface area contributed by atoms with Gasteiger partial charge < -0.3 is 0 Å². The van der Waals surface area contributed by atoms with Gasteiger partial charge in [0.2, 0.25) is 0 Å². The number of hydrogen-bond donors (Lipinski definition) is 1. The van der Waals surface area contributed by atoms with Gasteiger partial charge in [-0.25, -0.2) is 12.8 Å². The number of halogens is 2. The molecule has 0 aliphatic carbocycles. The summed E-state index contributed by atoms with van der Waals surface area (Å²) in [4.78, 5) is -0.440. The molecule has 0 heterocycles. The van der Waals surface area contributed by atoms with Gasteiger partial charge >= 0.3 is 0 Å². The van der Waals surface area contributed by atoms with Crippen molar-refractivity contribution in [3.8, 4) is 6.07 Å². The van der Waals surface area contributed by atoms with E-state index in [9.17, 15) is 12.8 Å². The number of nitrogens with one attached hydrogen (secondary N) is 1. The van der Waals surface area contributed by atoms with E-state index in [2.05, 4.69) is 20.7 Å². The fourth-order valence-corrected chi connectivity index (χ4v) is 2.97. The molecule has 20 heavy (non-hydrogen) atoms. The summed E-state index contributed by atoms with van der Waals surface area (Å²) >= 11 is 3.06. The van der Waals surface area contributed by atoms with Crippen LogP contribution in [0.2, 0.25) is 0 Å². The molecule has 0 saturated carbocycles. The Balaban J connectivity index is 2.33. The molecule has 0 spiro atoms. The van der Waals surface area contributed by atoms with Crippen LogP contribution in [-0.4, -0.2) is 8.42 Å². The first-order chi connectivity index (χ1) is 9.42. The fraction of sp³-hybridized carbons (Fsp3) is 0. The van der Waals surface area contributed by atoms with Gasteiger partial charge in [0.15, 0.2) is 0 Å². The molecule has 0 aromatic heterocycles. The van der Waals surface area contributed by atoms with Crippen molar-refractivity contribution in [1.82, 2.24) is 0 Å². The van der Waals surface area contributed by atoms with Crippen LogP contribution in [0.15, 0.2) is 51.8 Å². The maximum Gasteiger partial charge on any atom is 0.264 e. The first-order valence-electron chi connectivity index (χ1n) is 5.40. The Bertz CT molecular complexity index is 783. The number of sulfonamides is 1. The van der Waals surface area contributed by atoms with Crippen LogP contribution in [0.3, 0.4) is 0 Å². The van der Waals surface area contributed by atoms with Crippen molar-refractivity contribution in [3.05, 3.63) is 58.3 Å². The molecule has 2 rings (SSSR count). The monoisotopic (exact) mass is 354 g/mol. The summed E-state index contributed by atoms with van der Waals surface area (Å²) in [6.07, 6.45) is 0. The van der Waals surface area contributed by atoms with Gasteiger partial charge in [-0.1, -0.05) is 15.9 Å². The van der Waals surface area contributed by atoms with Gasteiger partial charge in [0, 0.05) is 10.2 Å². The van der Waals surface area contributed by atoms with Gasteiger partial charge in [-0.2, -0.15) is 5.26 Å². The van der Waals surface area contributed by atoms with E-state index in [0.29, 0.717) is 10.0 Å². The number of rotatable bonds is 3. The Labute approximate surface area is 124 Å². The smallest absolute Gasteiger partial charge is 0.264 e. The molecule has 4 nitrogen and oxygen atoms in total. The molecule has 0 amide bonds. The van der Waals surface area contributed by atoms with Crippen molar-refractivity contribution >= 4 is 31.6 Å². The predicted molar refractivity (Wildman–Crippen MR) is 76.1 cm³/mol. The van der Waals surface area contributed by atoms with Crippen molar-refractivity contribution in [2.24, 2.45) is 0 Å². The van der Waals surface area contributed by atoms with Crippen molar-refractivity contribution in [2.75, 3.05) is 4.72 Å². The Hall–Kier alpha value is -1.91. The Morgan fingerprint density at radius 2 is 1.80 bits per heavy atom. The van der Waals surface area contributed by atoms with Crippen molar-refractivity contribution in [3.63, 3.8) is 0 Å². The highest BCUT2D eigenvalue weighted by Crippen LogP contribution is 2.22. The molecule has 1 N–H and O–H groups in total. The summed E-state index contributed by atoms with van der Waals surface area (Å²) in [6, 6.07) is 11.4. The van der Waals surface area contributed by atoms with E-state index >= 15 is 0 Å². The highest BCUT2D eigenvalue weighted by atomic mass is 79.9. The molecule has 0 radical (unpaired) electrons. The first-order valence-corrected chi connectivity index (χ1v) is 7.68. The minimum absolute atomic E-state index is 0.256. The molecule has 2 aromatic rings. The molecule has 102 valence electrons. The van der Waals surface area contributed by atoms with Gasteiger partial charge in [0.1, 0.15) is 10.7 Å². The minimum Gasteiger partial charge on any atom is -0.280 e. The average Bonchev–Trinajstić information content (AvgIpc) is 2.38. The molecule has 0 saturated heterocycles. The normalized spacial score (nSPS) is 10.8. The van der Waals surface area contributed by atoms with Crippen LogP contribution in [0.4, 0.5) is 10.1 Å². The maximum atomic E-state index is 13.7. The van der Waals surface area contributed by atoms with Gasteiger partial charge in [0.25, 0.3) is 10.0 Å². The van der Waals surface area contributed by atoms with E-state index in [4.69, 9.17) is 5.26 Å². The molecular formula is C13H8BrFN2O2S. The highest BCUT2D eigenvalue weighted by Gasteiger charge is 2.19. The van der Waals surface area contributed by atoms with Crippen LogP contribution in [0.5, 0.6) is 0 Å².